The minimum Gasteiger partial charge on any atom is -0.457 e. The number of amides is 1. The molecule has 1 amide bonds. The van der Waals surface area contributed by atoms with Crippen LogP contribution in [0.4, 0.5) is 0 Å². The highest BCUT2D eigenvalue weighted by molar-refractivity contribution is 9.10. The second kappa shape index (κ2) is 5.23. The van der Waals surface area contributed by atoms with Crippen LogP contribution < -0.4 is 5.32 Å². The van der Waals surface area contributed by atoms with Gasteiger partial charge in [0.2, 0.25) is 0 Å². The number of rotatable bonds is 2. The average molecular weight is 301 g/mol. The molecule has 0 aliphatic carbocycles. The lowest BCUT2D eigenvalue weighted by Gasteiger charge is -2.35. The summed E-state index contributed by atoms with van der Waals surface area (Å²) < 4.78 is 5.56. The number of hydrogen-bond donors (Lipinski definition) is 1. The lowest BCUT2D eigenvalue weighted by molar-refractivity contribution is 0.0895. The molecular weight excluding hydrogens is 284 g/mol. The zero-order chi connectivity index (χ0) is 12.4. The predicted molar refractivity (Wildman–Crippen MR) is 69.0 cm³/mol. The van der Waals surface area contributed by atoms with Crippen molar-refractivity contribution in [3.05, 3.63) is 22.6 Å². The van der Waals surface area contributed by atoms with Crippen LogP contribution in [0.2, 0.25) is 0 Å². The number of hydrogen-bond acceptors (Lipinski definition) is 3. The van der Waals surface area contributed by atoms with Crippen molar-refractivity contribution in [2.24, 2.45) is 0 Å². The molecule has 2 heterocycles. The molecule has 0 bridgehead atoms. The molecule has 1 aliphatic rings. The standard InChI is InChI=1S/C12H17BrN2O2/c1-8-7-9(3-5-15(8)2)14-12(16)10-4-6-17-11(10)13/h4,6,8-9H,3,5,7H2,1-2H3,(H,14,16). The van der Waals surface area contributed by atoms with E-state index in [2.05, 4.69) is 40.1 Å². The van der Waals surface area contributed by atoms with Crippen LogP contribution in [0.5, 0.6) is 0 Å². The highest BCUT2D eigenvalue weighted by Gasteiger charge is 2.25. The Balaban J connectivity index is 1.94. The van der Waals surface area contributed by atoms with Crippen molar-refractivity contribution in [2.45, 2.75) is 31.8 Å². The maximum absolute atomic E-state index is 12.0. The summed E-state index contributed by atoms with van der Waals surface area (Å²) in [5.41, 5.74) is 0.566. The van der Waals surface area contributed by atoms with Crippen molar-refractivity contribution in [1.82, 2.24) is 10.2 Å². The summed E-state index contributed by atoms with van der Waals surface area (Å²) in [5.74, 6) is -0.0626. The van der Waals surface area contributed by atoms with Crippen molar-refractivity contribution in [2.75, 3.05) is 13.6 Å². The fourth-order valence-electron chi connectivity index (χ4n) is 2.14. The van der Waals surface area contributed by atoms with E-state index in [1.54, 1.807) is 6.07 Å². The third-order valence-corrected chi connectivity index (χ3v) is 4.02. The Morgan fingerprint density at radius 1 is 1.65 bits per heavy atom. The van der Waals surface area contributed by atoms with Gasteiger partial charge in [-0.1, -0.05) is 0 Å². The van der Waals surface area contributed by atoms with Crippen molar-refractivity contribution in [3.8, 4) is 0 Å². The molecule has 5 heteroatoms. The molecule has 2 rings (SSSR count). The molecule has 0 aromatic carbocycles. The first-order valence-electron chi connectivity index (χ1n) is 5.82. The van der Waals surface area contributed by atoms with E-state index >= 15 is 0 Å². The molecule has 4 nitrogen and oxygen atoms in total. The van der Waals surface area contributed by atoms with E-state index in [1.807, 2.05) is 0 Å². The summed E-state index contributed by atoms with van der Waals surface area (Å²) >= 11 is 3.22. The van der Waals surface area contributed by atoms with Crippen molar-refractivity contribution in [3.63, 3.8) is 0 Å². The highest BCUT2D eigenvalue weighted by atomic mass is 79.9. The van der Waals surface area contributed by atoms with E-state index in [0.29, 0.717) is 16.3 Å². The number of nitrogens with one attached hydrogen (secondary N) is 1. The first kappa shape index (κ1) is 12.6. The average Bonchev–Trinajstić information content (AvgIpc) is 2.70. The van der Waals surface area contributed by atoms with Crippen molar-refractivity contribution < 1.29 is 9.21 Å². The van der Waals surface area contributed by atoms with Gasteiger partial charge in [-0.05, 0) is 48.8 Å². The lowest BCUT2D eigenvalue weighted by Crippen LogP contribution is -2.47. The molecule has 0 radical (unpaired) electrons. The van der Waals surface area contributed by atoms with Crippen LogP contribution in [0.1, 0.15) is 30.1 Å². The fraction of sp³-hybridized carbons (Fsp3) is 0.583. The molecular formula is C12H17BrN2O2. The van der Waals surface area contributed by atoms with E-state index in [-0.39, 0.29) is 11.9 Å². The van der Waals surface area contributed by atoms with Crippen LogP contribution in [-0.2, 0) is 0 Å². The van der Waals surface area contributed by atoms with Crippen molar-refractivity contribution in [1.29, 1.82) is 0 Å². The molecule has 0 saturated carbocycles. The molecule has 1 N–H and O–H groups in total. The van der Waals surface area contributed by atoms with E-state index < -0.39 is 0 Å². The first-order chi connectivity index (χ1) is 8.08. The van der Waals surface area contributed by atoms with E-state index in [4.69, 9.17) is 4.42 Å². The van der Waals surface area contributed by atoms with E-state index in [9.17, 15) is 4.79 Å². The summed E-state index contributed by atoms with van der Waals surface area (Å²) in [4.78, 5) is 14.3. The monoisotopic (exact) mass is 300 g/mol. The molecule has 1 fully saturated rings. The number of nitrogens with zero attached hydrogens (tertiary/aromatic N) is 1. The molecule has 0 spiro atoms. The molecule has 2 unspecified atom stereocenters. The quantitative estimate of drug-likeness (QED) is 0.911. The molecule has 17 heavy (non-hydrogen) atoms. The molecule has 1 aromatic heterocycles. The first-order valence-corrected chi connectivity index (χ1v) is 6.61. The van der Waals surface area contributed by atoms with Crippen LogP contribution in [0.25, 0.3) is 0 Å². The Labute approximate surface area is 109 Å². The Morgan fingerprint density at radius 2 is 2.41 bits per heavy atom. The summed E-state index contributed by atoms with van der Waals surface area (Å²) in [6.45, 7) is 3.21. The van der Waals surface area contributed by atoms with Crippen LogP contribution in [0.3, 0.4) is 0 Å². The molecule has 1 aliphatic heterocycles. The SMILES string of the molecule is CC1CC(NC(=O)c2ccoc2Br)CCN1C. The fourth-order valence-corrected chi connectivity index (χ4v) is 2.56. The van der Waals surface area contributed by atoms with Gasteiger partial charge in [-0.25, -0.2) is 0 Å². The van der Waals surface area contributed by atoms with Gasteiger partial charge in [-0.3, -0.25) is 4.79 Å². The van der Waals surface area contributed by atoms with Gasteiger partial charge in [0, 0.05) is 18.6 Å². The second-order valence-electron chi connectivity index (χ2n) is 4.63. The Morgan fingerprint density at radius 3 is 3.00 bits per heavy atom. The number of piperidine rings is 1. The third-order valence-electron chi connectivity index (χ3n) is 3.41. The van der Waals surface area contributed by atoms with Crippen LogP contribution >= 0.6 is 15.9 Å². The Bertz CT molecular complexity index is 405. The van der Waals surface area contributed by atoms with Gasteiger partial charge in [0.25, 0.3) is 5.91 Å². The number of likely N-dealkylation sites (tertiary alicyclic amines) is 1. The third kappa shape index (κ3) is 2.90. The van der Waals surface area contributed by atoms with Gasteiger partial charge in [0.05, 0.1) is 11.8 Å². The summed E-state index contributed by atoms with van der Waals surface area (Å²) in [6, 6.07) is 2.45. The molecule has 1 saturated heterocycles. The normalized spacial score (nSPS) is 25.8. The van der Waals surface area contributed by atoms with E-state index in [0.717, 1.165) is 19.4 Å². The lowest BCUT2D eigenvalue weighted by atomic mass is 9.99. The van der Waals surface area contributed by atoms with Crippen LogP contribution in [0, 0.1) is 0 Å². The van der Waals surface area contributed by atoms with Gasteiger partial charge in [-0.2, -0.15) is 0 Å². The maximum Gasteiger partial charge on any atom is 0.255 e. The molecule has 1 aromatic rings. The topological polar surface area (TPSA) is 45.5 Å². The molecule has 94 valence electrons. The minimum atomic E-state index is -0.0626. The zero-order valence-electron chi connectivity index (χ0n) is 10.1. The number of furan rings is 1. The summed E-state index contributed by atoms with van der Waals surface area (Å²) in [7, 11) is 2.12. The van der Waals surface area contributed by atoms with Gasteiger partial charge in [0.1, 0.15) is 0 Å². The number of halogens is 1. The zero-order valence-corrected chi connectivity index (χ0v) is 11.7. The Hall–Kier alpha value is -0.810. The van der Waals surface area contributed by atoms with Crippen LogP contribution in [-0.4, -0.2) is 36.5 Å². The van der Waals surface area contributed by atoms with Gasteiger partial charge in [0.15, 0.2) is 4.67 Å². The second-order valence-corrected chi connectivity index (χ2v) is 5.35. The predicted octanol–water partition coefficient (Wildman–Crippen LogP) is 2.25. The number of carbonyl (C=O) groups is 1. The number of carbonyl (C=O) groups excluding carboxylic acids is 1. The Kier molecular flexibility index (Phi) is 3.89. The van der Waals surface area contributed by atoms with Crippen LogP contribution in [0.15, 0.2) is 21.4 Å². The largest absolute Gasteiger partial charge is 0.457 e. The van der Waals surface area contributed by atoms with Gasteiger partial charge < -0.3 is 14.6 Å². The summed E-state index contributed by atoms with van der Waals surface area (Å²) in [6.07, 6.45) is 3.51. The molecule has 2 atom stereocenters. The maximum atomic E-state index is 12.0. The summed E-state index contributed by atoms with van der Waals surface area (Å²) in [5, 5.41) is 3.06. The highest BCUT2D eigenvalue weighted by Crippen LogP contribution is 2.19. The van der Waals surface area contributed by atoms with Crippen molar-refractivity contribution >= 4 is 21.8 Å². The smallest absolute Gasteiger partial charge is 0.255 e. The van der Waals surface area contributed by atoms with Gasteiger partial charge in [-0.15, -0.1) is 0 Å². The van der Waals surface area contributed by atoms with Gasteiger partial charge >= 0.3 is 0 Å². The minimum absolute atomic E-state index is 0.0626. The van der Waals surface area contributed by atoms with E-state index in [1.165, 1.54) is 6.26 Å².